The molecule has 5 nitrogen and oxygen atoms in total. The van der Waals surface area contributed by atoms with E-state index in [0.29, 0.717) is 22.7 Å². The molecule has 7 heteroatoms. The van der Waals surface area contributed by atoms with E-state index in [9.17, 15) is 4.79 Å². The van der Waals surface area contributed by atoms with Gasteiger partial charge >= 0.3 is 6.09 Å². The number of halogens is 2. The highest BCUT2D eigenvalue weighted by molar-refractivity contribution is 6.43. The van der Waals surface area contributed by atoms with Gasteiger partial charge in [0.05, 0.1) is 27.8 Å². The van der Waals surface area contributed by atoms with Crippen LogP contribution in [0, 0.1) is 5.92 Å². The van der Waals surface area contributed by atoms with Crippen LogP contribution in [0.15, 0.2) is 18.2 Å². The zero-order valence-corrected chi connectivity index (χ0v) is 19.0. The number of carbonyl (C=O) groups is 1. The zero-order chi connectivity index (χ0) is 20.7. The average Bonchev–Trinajstić information content (AvgIpc) is 3.38. The minimum Gasteiger partial charge on any atom is -0.448 e. The second-order valence-corrected chi connectivity index (χ2v) is 10.3. The van der Waals surface area contributed by atoms with Gasteiger partial charge in [-0.15, -0.1) is 0 Å². The lowest BCUT2D eigenvalue weighted by atomic mass is 9.83. The minimum atomic E-state index is -0.106. The average molecular weight is 452 g/mol. The Kier molecular flexibility index (Phi) is 5.80. The van der Waals surface area contributed by atoms with Gasteiger partial charge in [-0.2, -0.15) is 0 Å². The Bertz CT molecular complexity index is 793. The highest BCUT2D eigenvalue weighted by atomic mass is 35.5. The van der Waals surface area contributed by atoms with E-state index in [4.69, 9.17) is 27.9 Å². The predicted octanol–water partition coefficient (Wildman–Crippen LogP) is 5.05. The van der Waals surface area contributed by atoms with Gasteiger partial charge in [0.25, 0.3) is 0 Å². The van der Waals surface area contributed by atoms with E-state index in [0.717, 1.165) is 50.6 Å². The van der Waals surface area contributed by atoms with Crippen LogP contribution in [0.25, 0.3) is 0 Å². The Balaban J connectivity index is 1.12. The lowest BCUT2D eigenvalue weighted by Gasteiger charge is -2.44. The largest absolute Gasteiger partial charge is 0.448 e. The summed E-state index contributed by atoms with van der Waals surface area (Å²) in [5.41, 5.74) is 1.35. The van der Waals surface area contributed by atoms with Crippen LogP contribution in [0.1, 0.15) is 44.9 Å². The predicted molar refractivity (Wildman–Crippen MR) is 121 cm³/mol. The normalized spacial score (nSPS) is 28.8. The first-order valence-corrected chi connectivity index (χ1v) is 12.2. The monoisotopic (exact) mass is 451 g/mol. The molecule has 0 N–H and O–H groups in total. The van der Waals surface area contributed by atoms with E-state index in [1.54, 1.807) is 0 Å². The second kappa shape index (κ2) is 8.40. The molecule has 30 heavy (non-hydrogen) atoms. The lowest BCUT2D eigenvalue weighted by molar-refractivity contribution is 0.127. The van der Waals surface area contributed by atoms with E-state index in [2.05, 4.69) is 15.9 Å². The van der Waals surface area contributed by atoms with E-state index in [1.165, 1.54) is 38.6 Å². The molecule has 2 aliphatic carbocycles. The van der Waals surface area contributed by atoms with E-state index in [-0.39, 0.29) is 11.6 Å². The van der Waals surface area contributed by atoms with Crippen molar-refractivity contribution in [2.24, 2.45) is 5.92 Å². The molecule has 4 fully saturated rings. The molecule has 2 aliphatic heterocycles. The maximum atomic E-state index is 11.8. The summed E-state index contributed by atoms with van der Waals surface area (Å²) >= 11 is 12.8. The van der Waals surface area contributed by atoms with Crippen LogP contribution < -0.4 is 4.90 Å². The number of hydrogen-bond acceptors (Lipinski definition) is 4. The highest BCUT2D eigenvalue weighted by Gasteiger charge is 2.51. The summed E-state index contributed by atoms with van der Waals surface area (Å²) in [7, 11) is 0. The molecule has 164 valence electrons. The zero-order valence-electron chi connectivity index (χ0n) is 17.5. The number of nitrogens with zero attached hydrogens (tertiary/aromatic N) is 3. The molecule has 0 radical (unpaired) electrons. The van der Waals surface area contributed by atoms with E-state index >= 15 is 0 Å². The van der Waals surface area contributed by atoms with Crippen molar-refractivity contribution in [1.29, 1.82) is 0 Å². The van der Waals surface area contributed by atoms with Gasteiger partial charge in [-0.05, 0) is 69.5 Å². The third-order valence-corrected chi connectivity index (χ3v) is 8.49. The van der Waals surface area contributed by atoms with Crippen molar-refractivity contribution in [2.45, 2.75) is 56.5 Å². The van der Waals surface area contributed by atoms with Gasteiger partial charge in [-0.3, -0.25) is 4.90 Å². The molecule has 1 spiro atoms. The fourth-order valence-electron chi connectivity index (χ4n) is 5.75. The van der Waals surface area contributed by atoms with Gasteiger partial charge in [0.2, 0.25) is 0 Å². The molecular weight excluding hydrogens is 421 g/mol. The van der Waals surface area contributed by atoms with Crippen molar-refractivity contribution in [3.05, 3.63) is 28.2 Å². The van der Waals surface area contributed by atoms with Crippen LogP contribution in [0.3, 0.4) is 0 Å². The number of piperazine rings is 1. The summed E-state index contributed by atoms with van der Waals surface area (Å²) in [5.74, 6) is 0.787. The Labute approximate surface area is 189 Å². The number of rotatable bonds is 5. The first kappa shape index (κ1) is 20.7. The highest BCUT2D eigenvalue weighted by Crippen LogP contribution is 2.49. The molecule has 0 atom stereocenters. The van der Waals surface area contributed by atoms with Crippen molar-refractivity contribution in [2.75, 3.05) is 44.2 Å². The number of ether oxygens (including phenoxy) is 1. The summed E-state index contributed by atoms with van der Waals surface area (Å²) in [6.45, 7) is 5.75. The van der Waals surface area contributed by atoms with Crippen LogP contribution in [-0.4, -0.2) is 66.8 Å². The van der Waals surface area contributed by atoms with Crippen LogP contribution in [0.5, 0.6) is 0 Å². The maximum Gasteiger partial charge on any atom is 0.410 e. The summed E-state index contributed by atoms with van der Waals surface area (Å²) in [6, 6.07) is 6.38. The summed E-state index contributed by atoms with van der Waals surface area (Å²) in [6.07, 6.45) is 8.37. The Morgan fingerprint density at radius 2 is 1.87 bits per heavy atom. The molecule has 4 aliphatic rings. The molecule has 1 aromatic carbocycles. The van der Waals surface area contributed by atoms with Crippen molar-refractivity contribution in [3.63, 3.8) is 0 Å². The molecule has 1 amide bonds. The third-order valence-electron chi connectivity index (χ3n) is 7.68. The molecule has 0 unspecified atom stereocenters. The SMILES string of the molecule is O=C1OCCN1C1CCC(CCN2CCN(c3cccc(Cl)c3Cl)C3(CC3)C2)CC1. The molecule has 1 aromatic rings. The van der Waals surface area contributed by atoms with Crippen LogP contribution >= 0.6 is 23.2 Å². The van der Waals surface area contributed by atoms with Gasteiger partial charge in [-0.1, -0.05) is 29.3 Å². The molecule has 2 saturated heterocycles. The number of carbonyl (C=O) groups excluding carboxylic acids is 1. The Morgan fingerprint density at radius 1 is 1.07 bits per heavy atom. The van der Waals surface area contributed by atoms with Crippen molar-refractivity contribution in [1.82, 2.24) is 9.80 Å². The summed E-state index contributed by atoms with van der Waals surface area (Å²) < 4.78 is 5.11. The van der Waals surface area contributed by atoms with Crippen LogP contribution in [0.4, 0.5) is 10.5 Å². The second-order valence-electron chi connectivity index (χ2n) is 9.50. The third kappa shape index (κ3) is 4.01. The van der Waals surface area contributed by atoms with Crippen LogP contribution in [0.2, 0.25) is 10.0 Å². The number of anilines is 1. The minimum absolute atomic E-state index is 0.106. The Hall–Kier alpha value is -1.17. The molecule has 0 aromatic heterocycles. The molecule has 5 rings (SSSR count). The van der Waals surface area contributed by atoms with Gasteiger partial charge in [0.1, 0.15) is 6.61 Å². The number of benzene rings is 1. The van der Waals surface area contributed by atoms with Crippen molar-refractivity contribution >= 4 is 35.0 Å². The molecular formula is C23H31Cl2N3O2. The number of cyclic esters (lactones) is 1. The first-order valence-electron chi connectivity index (χ1n) is 11.4. The number of hydrogen-bond donors (Lipinski definition) is 0. The Morgan fingerprint density at radius 3 is 2.57 bits per heavy atom. The fraction of sp³-hybridized carbons (Fsp3) is 0.696. The number of amides is 1. The fourth-order valence-corrected chi connectivity index (χ4v) is 6.14. The first-order chi connectivity index (χ1) is 14.6. The van der Waals surface area contributed by atoms with Crippen molar-refractivity contribution < 1.29 is 9.53 Å². The topological polar surface area (TPSA) is 36.0 Å². The van der Waals surface area contributed by atoms with Crippen LogP contribution in [-0.2, 0) is 4.74 Å². The van der Waals surface area contributed by atoms with E-state index < -0.39 is 0 Å². The summed E-state index contributed by atoms with van der Waals surface area (Å²) in [5, 5.41) is 1.34. The molecule has 0 bridgehead atoms. The van der Waals surface area contributed by atoms with Gasteiger partial charge < -0.3 is 14.5 Å². The van der Waals surface area contributed by atoms with Gasteiger partial charge in [-0.25, -0.2) is 4.79 Å². The smallest absolute Gasteiger partial charge is 0.410 e. The summed E-state index contributed by atoms with van der Waals surface area (Å²) in [4.78, 5) is 18.9. The lowest BCUT2D eigenvalue weighted by Crippen LogP contribution is -2.55. The van der Waals surface area contributed by atoms with Gasteiger partial charge in [0.15, 0.2) is 0 Å². The maximum absolute atomic E-state index is 11.8. The molecule has 2 heterocycles. The van der Waals surface area contributed by atoms with E-state index in [1.807, 2.05) is 17.0 Å². The quantitative estimate of drug-likeness (QED) is 0.627. The van der Waals surface area contributed by atoms with Crippen molar-refractivity contribution in [3.8, 4) is 0 Å². The van der Waals surface area contributed by atoms with Gasteiger partial charge in [0, 0.05) is 25.7 Å². The molecule has 2 saturated carbocycles. The standard InChI is InChI=1S/C23H31Cl2N3O2/c24-19-2-1-3-20(21(19)25)28-13-12-26(16-23(28)9-10-23)11-8-17-4-6-18(7-5-17)27-14-15-30-22(27)29/h1-3,17-18H,4-16H2.